The van der Waals surface area contributed by atoms with Gasteiger partial charge >= 0.3 is 0 Å². The maximum Gasteiger partial charge on any atom is 0.273 e. The van der Waals surface area contributed by atoms with Crippen LogP contribution in [0.25, 0.3) is 0 Å². The third-order valence-corrected chi connectivity index (χ3v) is 2.45. The normalized spacial score (nSPS) is 24.3. The smallest absolute Gasteiger partial charge is 0.267 e. The molecular weight excluding hydrogens is 217 g/mol. The molecule has 1 aliphatic carbocycles. The predicted octanol–water partition coefficient (Wildman–Crippen LogP) is 2.36. The fraction of sp³-hybridized carbons (Fsp3) is 0.273. The summed E-state index contributed by atoms with van der Waals surface area (Å²) in [6, 6.07) is 0. The lowest BCUT2D eigenvalue weighted by Crippen LogP contribution is -2.16. The van der Waals surface area contributed by atoms with E-state index in [1.54, 1.807) is 6.08 Å². The third kappa shape index (κ3) is 2.07. The van der Waals surface area contributed by atoms with Crippen LogP contribution in [0.5, 0.6) is 0 Å². The molecule has 0 spiro atoms. The number of fused-ring (bicyclic) bond motifs is 1. The number of aliphatic imine (C=N–C) groups is 1. The number of hydrogen-bond donors (Lipinski definition) is 0. The molecule has 0 aromatic rings. The minimum absolute atomic E-state index is 0.273. The Labute approximate surface area is 91.8 Å². The zero-order valence-electron chi connectivity index (χ0n) is 7.91. The van der Waals surface area contributed by atoms with Crippen LogP contribution in [0.4, 0.5) is 4.39 Å². The molecule has 2 aliphatic rings. The Hall–Kier alpha value is -1.22. The molecule has 1 atom stereocenters. The summed E-state index contributed by atoms with van der Waals surface area (Å²) in [5.74, 6) is 0.0923. The Morgan fingerprint density at radius 2 is 2.33 bits per heavy atom. The van der Waals surface area contributed by atoms with Crippen LogP contribution < -0.4 is 0 Å². The van der Waals surface area contributed by atoms with E-state index >= 15 is 0 Å². The number of nitrogens with zero attached hydrogens (tertiary/aromatic N) is 1. The lowest BCUT2D eigenvalue weighted by molar-refractivity contribution is -0.114. The predicted molar refractivity (Wildman–Crippen MR) is 58.0 cm³/mol. The molecule has 0 N–H and O–H groups in total. The molecule has 2 rings (SSSR count). The van der Waals surface area contributed by atoms with Gasteiger partial charge in [-0.05, 0) is 36.3 Å². The first-order valence-electron chi connectivity index (χ1n) is 4.65. The first-order valence-corrected chi connectivity index (χ1v) is 5.18. The molecule has 78 valence electrons. The molecule has 1 amide bonds. The number of amides is 1. The summed E-state index contributed by atoms with van der Waals surface area (Å²) in [7, 11) is 0. The Bertz CT molecular complexity index is 420. The van der Waals surface area contributed by atoms with Gasteiger partial charge in [0.15, 0.2) is 0 Å². The number of halogens is 2. The van der Waals surface area contributed by atoms with Crippen molar-refractivity contribution in [3.05, 3.63) is 35.5 Å². The summed E-state index contributed by atoms with van der Waals surface area (Å²) in [6.45, 7) is 0. The van der Waals surface area contributed by atoms with Crippen LogP contribution in [0, 0.1) is 0 Å². The summed E-state index contributed by atoms with van der Waals surface area (Å²) in [4.78, 5) is 15.3. The van der Waals surface area contributed by atoms with Crippen LogP contribution in [-0.2, 0) is 4.79 Å². The molecular formula is C11H9ClFNO. The third-order valence-electron chi connectivity index (χ3n) is 2.26. The summed E-state index contributed by atoms with van der Waals surface area (Å²) >= 11 is 5.55. The van der Waals surface area contributed by atoms with Crippen LogP contribution in [0.15, 0.2) is 40.4 Å². The standard InChI is InChI=1S/C11H9ClFNO/c12-4-3-7-5-8-6-9(13)1-2-10(8)14-11(7)15/h1-2,5-6,9H,3-4H2. The van der Waals surface area contributed by atoms with E-state index in [-0.39, 0.29) is 5.91 Å². The van der Waals surface area contributed by atoms with E-state index in [4.69, 9.17) is 11.6 Å². The SMILES string of the molecule is O=C1N=C2C=CC(F)C=C2C=C1CCCl. The van der Waals surface area contributed by atoms with Gasteiger partial charge in [0.2, 0.25) is 0 Å². The average molecular weight is 226 g/mol. The van der Waals surface area contributed by atoms with Gasteiger partial charge in [0.05, 0.1) is 5.71 Å². The van der Waals surface area contributed by atoms with Gasteiger partial charge in [-0.3, -0.25) is 4.79 Å². The largest absolute Gasteiger partial charge is 0.273 e. The van der Waals surface area contributed by atoms with Crippen molar-refractivity contribution in [3.8, 4) is 0 Å². The monoisotopic (exact) mass is 225 g/mol. The van der Waals surface area contributed by atoms with Crippen LogP contribution >= 0.6 is 11.6 Å². The summed E-state index contributed by atoms with van der Waals surface area (Å²) in [5.41, 5.74) is 1.75. The van der Waals surface area contributed by atoms with E-state index in [2.05, 4.69) is 4.99 Å². The molecule has 0 radical (unpaired) electrons. The molecule has 15 heavy (non-hydrogen) atoms. The second kappa shape index (κ2) is 4.11. The maximum absolute atomic E-state index is 13.0. The van der Waals surface area contributed by atoms with Crippen molar-refractivity contribution in [2.24, 2.45) is 4.99 Å². The van der Waals surface area contributed by atoms with Crippen molar-refractivity contribution in [3.63, 3.8) is 0 Å². The molecule has 0 saturated carbocycles. The molecule has 4 heteroatoms. The molecule has 0 saturated heterocycles. The van der Waals surface area contributed by atoms with Crippen molar-refractivity contribution in [1.82, 2.24) is 0 Å². The van der Waals surface area contributed by atoms with Gasteiger partial charge in [-0.25, -0.2) is 9.38 Å². The van der Waals surface area contributed by atoms with Crippen LogP contribution in [0.1, 0.15) is 6.42 Å². The van der Waals surface area contributed by atoms with E-state index < -0.39 is 6.17 Å². The van der Waals surface area contributed by atoms with Gasteiger partial charge in [-0.2, -0.15) is 0 Å². The van der Waals surface area contributed by atoms with E-state index in [0.717, 1.165) is 0 Å². The number of hydrogen-bond acceptors (Lipinski definition) is 1. The van der Waals surface area contributed by atoms with E-state index in [1.165, 1.54) is 18.2 Å². The Kier molecular flexibility index (Phi) is 2.82. The Morgan fingerprint density at radius 3 is 3.07 bits per heavy atom. The molecule has 0 aromatic heterocycles. The minimum atomic E-state index is -1.10. The van der Waals surface area contributed by atoms with Crippen molar-refractivity contribution in [2.75, 3.05) is 5.88 Å². The quantitative estimate of drug-likeness (QED) is 0.664. The maximum atomic E-state index is 13.0. The van der Waals surface area contributed by atoms with Gasteiger partial charge in [0, 0.05) is 11.5 Å². The molecule has 1 aliphatic heterocycles. The van der Waals surface area contributed by atoms with Crippen LogP contribution in [0.3, 0.4) is 0 Å². The molecule has 0 aromatic carbocycles. The molecule has 2 nitrogen and oxygen atoms in total. The first kappa shape index (κ1) is 10.3. The van der Waals surface area contributed by atoms with Crippen molar-refractivity contribution < 1.29 is 9.18 Å². The highest BCUT2D eigenvalue weighted by Crippen LogP contribution is 2.21. The van der Waals surface area contributed by atoms with Gasteiger partial charge in [-0.1, -0.05) is 0 Å². The second-order valence-corrected chi connectivity index (χ2v) is 3.71. The van der Waals surface area contributed by atoms with Gasteiger partial charge in [0.1, 0.15) is 6.17 Å². The van der Waals surface area contributed by atoms with Crippen molar-refractivity contribution >= 4 is 23.2 Å². The fourth-order valence-corrected chi connectivity index (χ4v) is 1.73. The minimum Gasteiger partial charge on any atom is -0.267 e. The zero-order valence-corrected chi connectivity index (χ0v) is 8.67. The molecule has 1 unspecified atom stereocenters. The number of rotatable bonds is 2. The Balaban J connectivity index is 2.32. The highest BCUT2D eigenvalue weighted by molar-refractivity contribution is 6.21. The molecule has 1 heterocycles. The second-order valence-electron chi connectivity index (χ2n) is 3.34. The van der Waals surface area contributed by atoms with Crippen molar-refractivity contribution in [2.45, 2.75) is 12.6 Å². The number of carbonyl (C=O) groups is 1. The van der Waals surface area contributed by atoms with E-state index in [9.17, 15) is 9.18 Å². The van der Waals surface area contributed by atoms with E-state index in [1.807, 2.05) is 0 Å². The highest BCUT2D eigenvalue weighted by atomic mass is 35.5. The van der Waals surface area contributed by atoms with Crippen LogP contribution in [-0.4, -0.2) is 23.7 Å². The zero-order chi connectivity index (χ0) is 10.8. The summed E-state index contributed by atoms with van der Waals surface area (Å²) < 4.78 is 13.0. The lowest BCUT2D eigenvalue weighted by atomic mass is 9.96. The summed E-state index contributed by atoms with van der Waals surface area (Å²) in [6.07, 6.45) is 5.39. The number of dihydropyridines is 1. The topological polar surface area (TPSA) is 29.4 Å². The number of allylic oxidation sites excluding steroid dienone is 5. The highest BCUT2D eigenvalue weighted by Gasteiger charge is 2.20. The van der Waals surface area contributed by atoms with Gasteiger partial charge in [0.25, 0.3) is 5.91 Å². The first-order chi connectivity index (χ1) is 7.20. The van der Waals surface area contributed by atoms with Crippen LogP contribution in [0.2, 0.25) is 0 Å². The number of carbonyl (C=O) groups excluding carboxylic acids is 1. The fourth-order valence-electron chi connectivity index (χ4n) is 1.53. The molecule has 0 bridgehead atoms. The summed E-state index contributed by atoms with van der Waals surface area (Å²) in [5, 5.41) is 0. The van der Waals surface area contributed by atoms with Gasteiger partial charge in [-0.15, -0.1) is 11.6 Å². The van der Waals surface area contributed by atoms with E-state index in [0.29, 0.717) is 29.2 Å². The van der Waals surface area contributed by atoms with Crippen molar-refractivity contribution in [1.29, 1.82) is 0 Å². The Morgan fingerprint density at radius 1 is 1.53 bits per heavy atom. The number of alkyl halides is 2. The average Bonchev–Trinajstić information content (AvgIpc) is 2.20. The molecule has 0 fully saturated rings. The lowest BCUT2D eigenvalue weighted by Gasteiger charge is -2.15. The van der Waals surface area contributed by atoms with Gasteiger partial charge < -0.3 is 0 Å².